The third kappa shape index (κ3) is 2.41. The van der Waals surface area contributed by atoms with E-state index < -0.39 is 0 Å². The summed E-state index contributed by atoms with van der Waals surface area (Å²) in [4.78, 5) is 14.8. The lowest BCUT2D eigenvalue weighted by atomic mass is 10.1. The molecular weight excluding hydrogens is 276 g/mol. The van der Waals surface area contributed by atoms with Gasteiger partial charge in [0.05, 0.1) is 12.1 Å². The summed E-state index contributed by atoms with van der Waals surface area (Å²) in [7, 11) is 3.88. The number of benzene rings is 1. The Balaban J connectivity index is 1.95. The van der Waals surface area contributed by atoms with Crippen LogP contribution in [0, 0.1) is 19.8 Å². The van der Waals surface area contributed by atoms with E-state index in [0.717, 1.165) is 43.0 Å². The van der Waals surface area contributed by atoms with Gasteiger partial charge in [-0.05, 0) is 31.4 Å². The van der Waals surface area contributed by atoms with Crippen LogP contribution in [0.5, 0.6) is 0 Å². The fraction of sp³-hybridized carbons (Fsp3) is 0.500. The van der Waals surface area contributed by atoms with Crippen molar-refractivity contribution in [2.24, 2.45) is 13.0 Å². The Kier molecular flexibility index (Phi) is 3.96. The average Bonchev–Trinajstić information content (AvgIpc) is 3.07. The highest BCUT2D eigenvalue weighted by Gasteiger charge is 2.25. The van der Waals surface area contributed by atoms with E-state index in [9.17, 15) is 4.79 Å². The summed E-state index contributed by atoms with van der Waals surface area (Å²) >= 11 is 0. The van der Waals surface area contributed by atoms with E-state index in [1.807, 2.05) is 30.5 Å². The van der Waals surface area contributed by atoms with Crippen LogP contribution >= 0.6 is 0 Å². The summed E-state index contributed by atoms with van der Waals surface area (Å²) in [5.74, 6) is 0.563. The highest BCUT2D eigenvalue weighted by molar-refractivity contribution is 6.02. The van der Waals surface area contributed by atoms with Gasteiger partial charge in [0.15, 0.2) is 0 Å². The quantitative estimate of drug-likeness (QED) is 0.873. The SMILES string of the molecule is Cc1c(C(=O)N(C)C[C@@H]2CCOC2)n(C)c2c(C)cccc12. The van der Waals surface area contributed by atoms with E-state index in [1.54, 1.807) is 0 Å². The third-order valence-corrected chi connectivity index (χ3v) is 4.77. The molecule has 0 saturated carbocycles. The number of ether oxygens (including phenoxy) is 1. The minimum Gasteiger partial charge on any atom is -0.381 e. The van der Waals surface area contributed by atoms with Gasteiger partial charge in [-0.1, -0.05) is 18.2 Å². The first-order valence-corrected chi connectivity index (χ1v) is 7.88. The van der Waals surface area contributed by atoms with Gasteiger partial charge in [0, 0.05) is 38.6 Å². The Morgan fingerprint density at radius 2 is 2.18 bits per heavy atom. The summed E-state index contributed by atoms with van der Waals surface area (Å²) in [6.07, 6.45) is 1.05. The molecular formula is C18H24N2O2. The molecule has 0 bridgehead atoms. The lowest BCUT2D eigenvalue weighted by molar-refractivity contribution is 0.0756. The molecule has 0 aliphatic carbocycles. The summed E-state index contributed by atoms with van der Waals surface area (Å²) in [5, 5.41) is 1.17. The zero-order chi connectivity index (χ0) is 15.9. The Morgan fingerprint density at radius 3 is 2.82 bits per heavy atom. The van der Waals surface area contributed by atoms with Crippen LogP contribution in [0.25, 0.3) is 10.9 Å². The molecule has 1 aliphatic heterocycles. The molecule has 1 aromatic heterocycles. The number of amides is 1. The highest BCUT2D eigenvalue weighted by Crippen LogP contribution is 2.28. The van der Waals surface area contributed by atoms with Crippen LogP contribution in [-0.2, 0) is 11.8 Å². The van der Waals surface area contributed by atoms with E-state index in [1.165, 1.54) is 10.9 Å². The zero-order valence-electron chi connectivity index (χ0n) is 13.8. The van der Waals surface area contributed by atoms with Crippen molar-refractivity contribution in [2.75, 3.05) is 26.8 Å². The number of hydrogen-bond donors (Lipinski definition) is 0. The van der Waals surface area contributed by atoms with Gasteiger partial charge in [0.25, 0.3) is 5.91 Å². The molecule has 1 aromatic carbocycles. The molecule has 22 heavy (non-hydrogen) atoms. The van der Waals surface area contributed by atoms with Gasteiger partial charge in [-0.25, -0.2) is 0 Å². The van der Waals surface area contributed by atoms with Crippen LogP contribution in [0.3, 0.4) is 0 Å². The molecule has 0 N–H and O–H groups in total. The summed E-state index contributed by atoms with van der Waals surface area (Å²) in [6, 6.07) is 6.24. The largest absolute Gasteiger partial charge is 0.381 e. The first-order chi connectivity index (χ1) is 10.5. The van der Waals surface area contributed by atoms with Crippen molar-refractivity contribution in [3.8, 4) is 0 Å². The first kappa shape index (κ1) is 15.1. The van der Waals surface area contributed by atoms with E-state index in [2.05, 4.69) is 25.1 Å². The molecule has 4 nitrogen and oxygen atoms in total. The number of hydrogen-bond acceptors (Lipinski definition) is 2. The van der Waals surface area contributed by atoms with E-state index in [4.69, 9.17) is 4.74 Å². The number of aryl methyl sites for hydroxylation is 3. The second-order valence-corrected chi connectivity index (χ2v) is 6.42. The van der Waals surface area contributed by atoms with Gasteiger partial charge in [-0.15, -0.1) is 0 Å². The fourth-order valence-corrected chi connectivity index (χ4v) is 3.58. The Hall–Kier alpha value is -1.81. The molecule has 1 atom stereocenters. The number of aromatic nitrogens is 1. The van der Waals surface area contributed by atoms with Crippen LogP contribution in [0.2, 0.25) is 0 Å². The number of para-hydroxylation sites is 1. The lowest BCUT2D eigenvalue weighted by Gasteiger charge is -2.21. The van der Waals surface area contributed by atoms with Crippen molar-refractivity contribution >= 4 is 16.8 Å². The molecule has 2 heterocycles. The van der Waals surface area contributed by atoms with E-state index in [-0.39, 0.29) is 5.91 Å². The van der Waals surface area contributed by atoms with Crippen LogP contribution in [-0.4, -0.2) is 42.2 Å². The maximum absolute atomic E-state index is 12.9. The first-order valence-electron chi connectivity index (χ1n) is 7.88. The van der Waals surface area contributed by atoms with E-state index in [0.29, 0.717) is 5.92 Å². The van der Waals surface area contributed by atoms with Gasteiger partial charge >= 0.3 is 0 Å². The van der Waals surface area contributed by atoms with Crippen molar-refractivity contribution in [2.45, 2.75) is 20.3 Å². The Labute approximate surface area is 131 Å². The molecule has 1 aliphatic rings. The zero-order valence-corrected chi connectivity index (χ0v) is 13.8. The maximum atomic E-state index is 12.9. The topological polar surface area (TPSA) is 34.5 Å². The number of nitrogens with zero attached hydrogens (tertiary/aromatic N) is 2. The van der Waals surface area contributed by atoms with Crippen LogP contribution < -0.4 is 0 Å². The van der Waals surface area contributed by atoms with Gasteiger partial charge in [-0.2, -0.15) is 0 Å². The minimum atomic E-state index is 0.0995. The van der Waals surface area contributed by atoms with Crippen molar-refractivity contribution < 1.29 is 9.53 Å². The lowest BCUT2D eigenvalue weighted by Crippen LogP contribution is -2.33. The molecule has 0 spiro atoms. The second kappa shape index (κ2) is 5.76. The molecule has 1 amide bonds. The standard InChI is InChI=1S/C18H24N2O2/c1-12-6-5-7-15-13(2)17(20(4)16(12)15)18(21)19(3)10-14-8-9-22-11-14/h5-7,14H,8-11H2,1-4H3/t14-/m0/s1. The summed E-state index contributed by atoms with van der Waals surface area (Å²) in [6.45, 7) is 6.49. The summed E-state index contributed by atoms with van der Waals surface area (Å²) < 4.78 is 7.46. The number of rotatable bonds is 3. The maximum Gasteiger partial charge on any atom is 0.270 e. The number of carbonyl (C=O) groups excluding carboxylic acids is 1. The van der Waals surface area contributed by atoms with E-state index >= 15 is 0 Å². The molecule has 118 valence electrons. The highest BCUT2D eigenvalue weighted by atomic mass is 16.5. The smallest absolute Gasteiger partial charge is 0.270 e. The Morgan fingerprint density at radius 1 is 1.41 bits per heavy atom. The second-order valence-electron chi connectivity index (χ2n) is 6.42. The molecule has 0 radical (unpaired) electrons. The predicted molar refractivity (Wildman–Crippen MR) is 88.3 cm³/mol. The number of carbonyl (C=O) groups is 1. The minimum absolute atomic E-state index is 0.0995. The molecule has 0 unspecified atom stereocenters. The van der Waals surface area contributed by atoms with Crippen LogP contribution in [0.15, 0.2) is 18.2 Å². The third-order valence-electron chi connectivity index (χ3n) is 4.77. The van der Waals surface area contributed by atoms with Crippen LogP contribution in [0.1, 0.15) is 28.0 Å². The molecule has 1 saturated heterocycles. The van der Waals surface area contributed by atoms with Crippen molar-refractivity contribution in [1.29, 1.82) is 0 Å². The summed E-state index contributed by atoms with van der Waals surface area (Å²) in [5.41, 5.74) is 4.22. The molecule has 3 rings (SSSR count). The molecule has 4 heteroatoms. The monoisotopic (exact) mass is 300 g/mol. The Bertz CT molecular complexity index is 711. The van der Waals surface area contributed by atoms with Crippen molar-refractivity contribution in [3.05, 3.63) is 35.0 Å². The fourth-order valence-electron chi connectivity index (χ4n) is 3.58. The average molecular weight is 300 g/mol. The van der Waals surface area contributed by atoms with Crippen molar-refractivity contribution in [1.82, 2.24) is 9.47 Å². The normalized spacial score (nSPS) is 18.1. The van der Waals surface area contributed by atoms with Crippen LogP contribution in [0.4, 0.5) is 0 Å². The van der Waals surface area contributed by atoms with Gasteiger partial charge < -0.3 is 14.2 Å². The number of fused-ring (bicyclic) bond motifs is 1. The molecule has 2 aromatic rings. The predicted octanol–water partition coefficient (Wildman–Crippen LogP) is 2.90. The van der Waals surface area contributed by atoms with Crippen molar-refractivity contribution in [3.63, 3.8) is 0 Å². The van der Waals surface area contributed by atoms with Gasteiger partial charge in [0.1, 0.15) is 5.69 Å². The molecule has 1 fully saturated rings. The van der Waals surface area contributed by atoms with Gasteiger partial charge in [0.2, 0.25) is 0 Å². The van der Waals surface area contributed by atoms with Gasteiger partial charge in [-0.3, -0.25) is 4.79 Å².